The summed E-state index contributed by atoms with van der Waals surface area (Å²) >= 11 is 0. The maximum atomic E-state index is 12.9. The minimum atomic E-state index is -0.825. The molecule has 0 spiro atoms. The number of carbonyl (C=O) groups excluding carboxylic acids is 3. The van der Waals surface area contributed by atoms with Crippen LogP contribution in [0, 0.1) is 0 Å². The zero-order valence-corrected chi connectivity index (χ0v) is 14.4. The minimum absolute atomic E-state index is 0.162. The van der Waals surface area contributed by atoms with Crippen LogP contribution < -0.4 is 5.32 Å². The maximum Gasteiger partial charge on any atom is 0.408 e. The Bertz CT molecular complexity index is 597. The number of amides is 2. The van der Waals surface area contributed by atoms with Crippen LogP contribution in [0.25, 0.3) is 0 Å². The number of Topliss-reactive ketones (excluding diaryl/α,β-unsaturated/α-hetero) is 1. The predicted molar refractivity (Wildman–Crippen MR) is 89.4 cm³/mol. The normalized spacial score (nSPS) is 16.5. The summed E-state index contributed by atoms with van der Waals surface area (Å²) in [5.74, 6) is -0.0602. The number of nitrogens with zero attached hydrogens (tertiary/aromatic N) is 1. The number of nitrogens with one attached hydrogen (secondary N) is 1. The van der Waals surface area contributed by atoms with Gasteiger partial charge in [-0.05, 0) is 26.3 Å². The van der Waals surface area contributed by atoms with Crippen LogP contribution in [-0.2, 0) is 14.3 Å². The summed E-state index contributed by atoms with van der Waals surface area (Å²) in [4.78, 5) is 38.0. The van der Waals surface area contributed by atoms with Crippen molar-refractivity contribution in [3.05, 3.63) is 35.9 Å². The predicted octanol–water partition coefficient (Wildman–Crippen LogP) is 2.44. The Labute approximate surface area is 142 Å². The van der Waals surface area contributed by atoms with Gasteiger partial charge in [0.05, 0.1) is 0 Å². The molecular weight excluding hydrogens is 308 g/mol. The van der Waals surface area contributed by atoms with Crippen LogP contribution in [0.4, 0.5) is 4.79 Å². The molecule has 0 saturated carbocycles. The van der Waals surface area contributed by atoms with Crippen molar-refractivity contribution in [2.24, 2.45) is 0 Å². The van der Waals surface area contributed by atoms with Gasteiger partial charge in [-0.25, -0.2) is 4.79 Å². The van der Waals surface area contributed by atoms with Crippen LogP contribution in [0.5, 0.6) is 0 Å². The average molecular weight is 332 g/mol. The Balaban J connectivity index is 2.15. The van der Waals surface area contributed by atoms with Gasteiger partial charge in [0.15, 0.2) is 0 Å². The third-order valence-corrected chi connectivity index (χ3v) is 3.67. The van der Waals surface area contributed by atoms with E-state index in [0.29, 0.717) is 31.5 Å². The van der Waals surface area contributed by atoms with E-state index < -0.39 is 17.7 Å². The van der Waals surface area contributed by atoms with E-state index in [2.05, 4.69) is 5.32 Å². The second kappa shape index (κ2) is 7.47. The fourth-order valence-corrected chi connectivity index (χ4v) is 2.52. The number of benzene rings is 1. The molecule has 1 heterocycles. The van der Waals surface area contributed by atoms with E-state index in [1.54, 1.807) is 37.8 Å². The van der Waals surface area contributed by atoms with Gasteiger partial charge in [0.25, 0.3) is 0 Å². The quantitative estimate of drug-likeness (QED) is 0.922. The molecule has 0 radical (unpaired) electrons. The van der Waals surface area contributed by atoms with E-state index in [4.69, 9.17) is 4.74 Å². The maximum absolute atomic E-state index is 12.9. The van der Waals surface area contributed by atoms with Gasteiger partial charge in [-0.3, -0.25) is 9.59 Å². The molecule has 0 unspecified atom stereocenters. The van der Waals surface area contributed by atoms with E-state index in [1.165, 1.54) is 0 Å². The Kier molecular flexibility index (Phi) is 5.59. The lowest BCUT2D eigenvalue weighted by atomic mass is 10.0. The lowest BCUT2D eigenvalue weighted by Gasteiger charge is -2.31. The highest BCUT2D eigenvalue weighted by molar-refractivity contribution is 5.89. The van der Waals surface area contributed by atoms with Crippen molar-refractivity contribution in [2.75, 3.05) is 13.1 Å². The molecular formula is C18H24N2O4. The van der Waals surface area contributed by atoms with Crippen molar-refractivity contribution in [2.45, 2.75) is 45.3 Å². The van der Waals surface area contributed by atoms with Gasteiger partial charge in [0, 0.05) is 25.9 Å². The van der Waals surface area contributed by atoms with Gasteiger partial charge in [0.1, 0.15) is 17.4 Å². The molecule has 0 aliphatic carbocycles. The fraction of sp³-hybridized carbons (Fsp3) is 0.500. The number of hydrogen-bond donors (Lipinski definition) is 1. The summed E-state index contributed by atoms with van der Waals surface area (Å²) < 4.78 is 5.27. The number of alkyl carbamates (subject to hydrolysis) is 1. The molecule has 1 atom stereocenters. The van der Waals surface area contributed by atoms with Crippen LogP contribution in [0.1, 0.15) is 45.2 Å². The van der Waals surface area contributed by atoms with Crippen LogP contribution in [0.15, 0.2) is 30.3 Å². The number of ether oxygens (including phenoxy) is 1. The Morgan fingerprint density at radius 1 is 1.12 bits per heavy atom. The molecule has 0 bridgehead atoms. The largest absolute Gasteiger partial charge is 0.444 e. The minimum Gasteiger partial charge on any atom is -0.444 e. The van der Waals surface area contributed by atoms with Crippen molar-refractivity contribution in [3.8, 4) is 0 Å². The molecule has 2 amide bonds. The molecule has 1 N–H and O–H groups in total. The van der Waals surface area contributed by atoms with Crippen molar-refractivity contribution < 1.29 is 19.1 Å². The smallest absolute Gasteiger partial charge is 0.408 e. The van der Waals surface area contributed by atoms with E-state index in [9.17, 15) is 14.4 Å². The van der Waals surface area contributed by atoms with Crippen molar-refractivity contribution in [1.82, 2.24) is 10.2 Å². The SMILES string of the molecule is CC(C)(C)OC(=O)N[C@@H](C(=O)N1CCC(=O)CC1)c1ccccc1. The first-order chi connectivity index (χ1) is 11.3. The standard InChI is InChI=1S/C18H24N2O4/c1-18(2,3)24-17(23)19-15(13-7-5-4-6-8-13)16(22)20-11-9-14(21)10-12-20/h4-8,15H,9-12H2,1-3H3,(H,19,23)/t15-/m1/s1. The number of carbonyl (C=O) groups is 3. The zero-order chi connectivity index (χ0) is 17.7. The Hall–Kier alpha value is -2.37. The first kappa shape index (κ1) is 18.0. The van der Waals surface area contributed by atoms with Crippen LogP contribution in [0.2, 0.25) is 0 Å². The molecule has 1 aromatic rings. The van der Waals surface area contributed by atoms with Gasteiger partial charge in [-0.15, -0.1) is 0 Å². The second-order valence-corrected chi connectivity index (χ2v) is 6.85. The van der Waals surface area contributed by atoms with Gasteiger partial charge in [-0.1, -0.05) is 30.3 Å². The molecule has 1 aliphatic rings. The Morgan fingerprint density at radius 2 is 1.71 bits per heavy atom. The lowest BCUT2D eigenvalue weighted by Crippen LogP contribution is -2.47. The third-order valence-electron chi connectivity index (χ3n) is 3.67. The lowest BCUT2D eigenvalue weighted by molar-refractivity contribution is -0.136. The number of likely N-dealkylation sites (tertiary alicyclic amines) is 1. The summed E-state index contributed by atoms with van der Waals surface area (Å²) in [7, 11) is 0. The topological polar surface area (TPSA) is 75.7 Å². The summed E-state index contributed by atoms with van der Waals surface area (Å²) in [6, 6.07) is 8.22. The van der Waals surface area contributed by atoms with Gasteiger partial charge >= 0.3 is 6.09 Å². The van der Waals surface area contributed by atoms with Crippen molar-refractivity contribution >= 4 is 17.8 Å². The molecule has 130 valence electrons. The molecule has 1 fully saturated rings. The Morgan fingerprint density at radius 3 is 2.25 bits per heavy atom. The molecule has 2 rings (SSSR count). The monoisotopic (exact) mass is 332 g/mol. The molecule has 6 heteroatoms. The van der Waals surface area contributed by atoms with E-state index in [-0.39, 0.29) is 11.7 Å². The van der Waals surface area contributed by atoms with E-state index in [1.807, 2.05) is 18.2 Å². The van der Waals surface area contributed by atoms with Crippen molar-refractivity contribution in [1.29, 1.82) is 0 Å². The molecule has 1 aromatic carbocycles. The number of hydrogen-bond acceptors (Lipinski definition) is 4. The summed E-state index contributed by atoms with van der Waals surface area (Å²) in [6.07, 6.45) is 0.0807. The second-order valence-electron chi connectivity index (χ2n) is 6.85. The molecule has 24 heavy (non-hydrogen) atoms. The van der Waals surface area contributed by atoms with E-state index >= 15 is 0 Å². The first-order valence-electron chi connectivity index (χ1n) is 8.11. The molecule has 1 aliphatic heterocycles. The van der Waals surface area contributed by atoms with Crippen molar-refractivity contribution in [3.63, 3.8) is 0 Å². The first-order valence-corrected chi connectivity index (χ1v) is 8.11. The highest BCUT2D eigenvalue weighted by atomic mass is 16.6. The van der Waals surface area contributed by atoms with Crippen LogP contribution in [0.3, 0.4) is 0 Å². The molecule has 1 saturated heterocycles. The average Bonchev–Trinajstić information content (AvgIpc) is 2.52. The zero-order valence-electron chi connectivity index (χ0n) is 14.4. The number of piperidine rings is 1. The van der Waals surface area contributed by atoms with Gasteiger partial charge in [-0.2, -0.15) is 0 Å². The number of ketones is 1. The van der Waals surface area contributed by atoms with Gasteiger partial charge < -0.3 is 15.0 Å². The highest BCUT2D eigenvalue weighted by Gasteiger charge is 2.31. The highest BCUT2D eigenvalue weighted by Crippen LogP contribution is 2.19. The van der Waals surface area contributed by atoms with Crippen LogP contribution >= 0.6 is 0 Å². The molecule has 6 nitrogen and oxygen atoms in total. The fourth-order valence-electron chi connectivity index (χ4n) is 2.52. The summed E-state index contributed by atoms with van der Waals surface area (Å²) in [5.41, 5.74) is 0.0385. The van der Waals surface area contributed by atoms with Gasteiger partial charge in [0.2, 0.25) is 5.91 Å². The molecule has 0 aromatic heterocycles. The van der Waals surface area contributed by atoms with Crippen LogP contribution in [-0.4, -0.2) is 41.4 Å². The van der Waals surface area contributed by atoms with E-state index in [0.717, 1.165) is 0 Å². The number of rotatable bonds is 3. The summed E-state index contributed by atoms with van der Waals surface area (Å²) in [5, 5.41) is 2.66. The summed E-state index contributed by atoms with van der Waals surface area (Å²) in [6.45, 7) is 6.07. The third kappa shape index (κ3) is 5.08.